The minimum atomic E-state index is -1.26. The number of rotatable bonds is 9. The van der Waals surface area contributed by atoms with Crippen molar-refractivity contribution in [2.24, 2.45) is 0 Å². The average molecular weight is 487 g/mol. The monoisotopic (exact) mass is 486 g/mol. The quantitative estimate of drug-likeness (QED) is 0.452. The Morgan fingerprint density at radius 2 is 1.26 bits per heavy atom. The van der Waals surface area contributed by atoms with Gasteiger partial charge in [-0.25, -0.2) is 13.2 Å². The molecule has 3 aromatic rings. The lowest BCUT2D eigenvalue weighted by molar-refractivity contribution is 0.192. The first-order chi connectivity index (χ1) is 16.5. The predicted octanol–water partition coefficient (Wildman–Crippen LogP) is 5.20. The third-order valence-corrected chi connectivity index (χ3v) is 7.93. The van der Waals surface area contributed by atoms with Crippen molar-refractivity contribution >= 4 is 10.8 Å². The van der Waals surface area contributed by atoms with E-state index in [4.69, 9.17) is 0 Å². The van der Waals surface area contributed by atoms with Gasteiger partial charge in [-0.15, -0.1) is 0 Å². The van der Waals surface area contributed by atoms with Gasteiger partial charge in [0.05, 0.1) is 5.25 Å². The van der Waals surface area contributed by atoms with Crippen LogP contribution in [-0.2, 0) is 17.3 Å². The molecule has 3 aromatic carbocycles. The molecule has 0 aromatic heterocycles. The molecule has 1 saturated heterocycles. The molecule has 1 aliphatic heterocycles. The van der Waals surface area contributed by atoms with E-state index in [1.54, 1.807) is 24.3 Å². The van der Waals surface area contributed by atoms with Crippen molar-refractivity contribution in [1.82, 2.24) is 10.2 Å². The highest BCUT2D eigenvalue weighted by atomic mass is 32.2. The fraction of sp³-hybridized carbons (Fsp3) is 0.333. The fourth-order valence-corrected chi connectivity index (χ4v) is 5.87. The maximum Gasteiger partial charge on any atom is 0.123 e. The van der Waals surface area contributed by atoms with Gasteiger partial charge in [-0.05, 0) is 79.0 Å². The van der Waals surface area contributed by atoms with Gasteiger partial charge in [0, 0.05) is 35.7 Å². The van der Waals surface area contributed by atoms with Crippen molar-refractivity contribution < 1.29 is 17.4 Å². The molecule has 180 valence electrons. The smallest absolute Gasteiger partial charge is 0.123 e. The molecule has 1 fully saturated rings. The Labute approximate surface area is 201 Å². The van der Waals surface area contributed by atoms with Crippen LogP contribution in [0.4, 0.5) is 13.2 Å². The average Bonchev–Trinajstić information content (AvgIpc) is 2.84. The highest BCUT2D eigenvalue weighted by Gasteiger charge is 2.23. The second-order valence-corrected chi connectivity index (χ2v) is 10.3. The number of nitrogens with one attached hydrogen (secondary N) is 1. The molecule has 0 spiro atoms. The van der Waals surface area contributed by atoms with Crippen LogP contribution in [0, 0.1) is 17.5 Å². The van der Waals surface area contributed by atoms with Crippen LogP contribution in [0.25, 0.3) is 0 Å². The van der Waals surface area contributed by atoms with Gasteiger partial charge in [-0.3, -0.25) is 9.11 Å². The number of piperidine rings is 1. The molecule has 4 rings (SSSR count). The van der Waals surface area contributed by atoms with E-state index < -0.39 is 16.0 Å². The molecule has 0 aliphatic carbocycles. The van der Waals surface area contributed by atoms with E-state index in [1.165, 1.54) is 36.4 Å². The van der Waals surface area contributed by atoms with Crippen molar-refractivity contribution in [2.75, 3.05) is 25.4 Å². The minimum Gasteiger partial charge on any atom is -0.313 e. The Morgan fingerprint density at radius 1 is 0.794 bits per heavy atom. The van der Waals surface area contributed by atoms with Crippen LogP contribution in [0.2, 0.25) is 0 Å². The zero-order valence-electron chi connectivity index (χ0n) is 18.9. The van der Waals surface area contributed by atoms with E-state index in [-0.39, 0.29) is 17.5 Å². The van der Waals surface area contributed by atoms with Gasteiger partial charge in [0.15, 0.2) is 0 Å². The van der Waals surface area contributed by atoms with Gasteiger partial charge in [0.1, 0.15) is 17.5 Å². The molecule has 1 N–H and O–H groups in total. The van der Waals surface area contributed by atoms with Crippen LogP contribution < -0.4 is 5.32 Å². The maximum atomic E-state index is 13.4. The molecule has 0 radical (unpaired) electrons. The Hall–Kier alpha value is -2.48. The molecule has 34 heavy (non-hydrogen) atoms. The van der Waals surface area contributed by atoms with Crippen molar-refractivity contribution in [1.29, 1.82) is 0 Å². The molecule has 1 aliphatic rings. The summed E-state index contributed by atoms with van der Waals surface area (Å²) in [5, 5.41) is 3.09. The lowest BCUT2D eigenvalue weighted by Crippen LogP contribution is -2.43. The Bertz CT molecular complexity index is 1020. The predicted molar refractivity (Wildman–Crippen MR) is 130 cm³/mol. The fourth-order valence-electron chi connectivity index (χ4n) is 4.40. The summed E-state index contributed by atoms with van der Waals surface area (Å²) in [6.07, 6.45) is 1.99. The van der Waals surface area contributed by atoms with Gasteiger partial charge in [0.2, 0.25) is 0 Å². The standard InChI is InChI=1S/C27H29F3N2OS/c28-23-7-1-20(2-8-23)19-32-16-13-26(14-17-32)31-15-18-34(33)27(21-3-9-24(29)10-4-21)22-5-11-25(30)12-6-22/h1-12,26-27,31H,13-19H2. The van der Waals surface area contributed by atoms with Gasteiger partial charge < -0.3 is 5.32 Å². The molecule has 1 atom stereocenters. The van der Waals surface area contributed by atoms with Crippen LogP contribution in [0.3, 0.4) is 0 Å². The van der Waals surface area contributed by atoms with Gasteiger partial charge >= 0.3 is 0 Å². The third kappa shape index (κ3) is 6.78. The Balaban J connectivity index is 1.29. The molecule has 1 heterocycles. The Morgan fingerprint density at radius 3 is 1.76 bits per heavy atom. The van der Waals surface area contributed by atoms with E-state index >= 15 is 0 Å². The zero-order chi connectivity index (χ0) is 23.9. The van der Waals surface area contributed by atoms with Crippen molar-refractivity contribution in [2.45, 2.75) is 30.7 Å². The normalized spacial score (nSPS) is 16.1. The first-order valence-corrected chi connectivity index (χ1v) is 12.9. The van der Waals surface area contributed by atoms with Crippen LogP contribution in [0.5, 0.6) is 0 Å². The second kappa shape index (κ2) is 11.8. The lowest BCUT2D eigenvalue weighted by Gasteiger charge is -2.32. The second-order valence-electron chi connectivity index (χ2n) is 8.70. The minimum absolute atomic E-state index is 0.217. The van der Waals surface area contributed by atoms with Crippen molar-refractivity contribution in [3.8, 4) is 0 Å². The number of benzene rings is 3. The van der Waals surface area contributed by atoms with Gasteiger partial charge in [-0.1, -0.05) is 36.4 Å². The third-order valence-electron chi connectivity index (χ3n) is 6.25. The summed E-state index contributed by atoms with van der Waals surface area (Å²) in [6.45, 7) is 3.32. The summed E-state index contributed by atoms with van der Waals surface area (Å²) in [5.74, 6) is -0.473. The number of halogens is 3. The van der Waals surface area contributed by atoms with E-state index in [1.807, 2.05) is 12.1 Å². The van der Waals surface area contributed by atoms with Crippen LogP contribution >= 0.6 is 0 Å². The van der Waals surface area contributed by atoms with E-state index in [0.717, 1.165) is 49.2 Å². The summed E-state index contributed by atoms with van der Waals surface area (Å²) < 4.78 is 53.2. The van der Waals surface area contributed by atoms with Gasteiger partial charge in [0.25, 0.3) is 0 Å². The molecule has 0 amide bonds. The van der Waals surface area contributed by atoms with Crippen LogP contribution in [0.15, 0.2) is 72.8 Å². The van der Waals surface area contributed by atoms with Gasteiger partial charge in [-0.2, -0.15) is 0 Å². The molecule has 0 saturated carbocycles. The van der Waals surface area contributed by atoms with E-state index in [2.05, 4.69) is 10.2 Å². The van der Waals surface area contributed by atoms with E-state index in [0.29, 0.717) is 18.3 Å². The lowest BCUT2D eigenvalue weighted by atomic mass is 10.0. The number of hydrogen-bond acceptors (Lipinski definition) is 3. The first-order valence-electron chi connectivity index (χ1n) is 11.6. The van der Waals surface area contributed by atoms with Crippen molar-refractivity contribution in [3.05, 3.63) is 107 Å². The molecule has 0 bridgehead atoms. The number of likely N-dealkylation sites (tertiary alicyclic amines) is 1. The SMILES string of the molecule is O=S(CCNC1CCN(Cc2ccc(F)cc2)CC1)C(c1ccc(F)cc1)c1ccc(F)cc1. The largest absolute Gasteiger partial charge is 0.313 e. The molecule has 3 nitrogen and oxygen atoms in total. The van der Waals surface area contributed by atoms with E-state index in [9.17, 15) is 17.4 Å². The highest BCUT2D eigenvalue weighted by Crippen LogP contribution is 2.29. The zero-order valence-corrected chi connectivity index (χ0v) is 19.7. The summed E-state index contributed by atoms with van der Waals surface area (Å²) in [5.41, 5.74) is 2.61. The van der Waals surface area contributed by atoms with Crippen LogP contribution in [0.1, 0.15) is 34.8 Å². The number of hydrogen-bond donors (Lipinski definition) is 1. The summed E-state index contributed by atoms with van der Waals surface area (Å²) in [4.78, 5) is 2.36. The highest BCUT2D eigenvalue weighted by molar-refractivity contribution is 7.85. The first kappa shape index (κ1) is 24.6. The summed E-state index contributed by atoms with van der Waals surface area (Å²) in [6, 6.07) is 19.0. The summed E-state index contributed by atoms with van der Waals surface area (Å²) >= 11 is 0. The summed E-state index contributed by atoms with van der Waals surface area (Å²) in [7, 11) is -1.26. The molecule has 1 unspecified atom stereocenters. The van der Waals surface area contributed by atoms with Crippen molar-refractivity contribution in [3.63, 3.8) is 0 Å². The Kier molecular flexibility index (Phi) is 8.53. The topological polar surface area (TPSA) is 32.3 Å². The molecular formula is C27H29F3N2OS. The maximum absolute atomic E-state index is 13.4. The molecule has 7 heteroatoms. The number of nitrogens with zero attached hydrogens (tertiary/aromatic N) is 1. The van der Waals surface area contributed by atoms with Crippen LogP contribution in [-0.4, -0.2) is 40.5 Å². The molecular weight excluding hydrogens is 457 g/mol.